The smallest absolute Gasteiger partial charge is 0.414 e. The van der Waals surface area contributed by atoms with Gasteiger partial charge in [-0.05, 0) is 25.0 Å². The van der Waals surface area contributed by atoms with E-state index in [2.05, 4.69) is 5.32 Å². The summed E-state index contributed by atoms with van der Waals surface area (Å²) >= 11 is 0. The molecule has 31 heavy (non-hydrogen) atoms. The molecule has 1 N–H and O–H groups in total. The number of anilines is 1. The van der Waals surface area contributed by atoms with Crippen molar-refractivity contribution in [2.75, 3.05) is 29.5 Å². The number of carbonyl (C=O) groups excluding carboxylic acids is 2. The lowest BCUT2D eigenvalue weighted by Crippen LogP contribution is -2.33. The first kappa shape index (κ1) is 21.2. The maximum Gasteiger partial charge on any atom is 0.414 e. The minimum atomic E-state index is -3.26. The van der Waals surface area contributed by atoms with E-state index >= 15 is 8.78 Å². The summed E-state index contributed by atoms with van der Waals surface area (Å²) in [7, 11) is -3.26. The first-order chi connectivity index (χ1) is 14.5. The van der Waals surface area contributed by atoms with E-state index in [1.807, 2.05) is 6.07 Å². The second-order valence-corrected chi connectivity index (χ2v) is 10.2. The number of hydrogen-bond acceptors (Lipinski definition) is 6. The fourth-order valence-corrected chi connectivity index (χ4v) is 6.29. The molecular weight excluding hydrogens is 432 g/mol. The van der Waals surface area contributed by atoms with Crippen LogP contribution in [0.5, 0.6) is 0 Å². The van der Waals surface area contributed by atoms with E-state index in [0.717, 1.165) is 17.0 Å². The molecule has 164 valence electrons. The van der Waals surface area contributed by atoms with Gasteiger partial charge in [-0.25, -0.2) is 22.0 Å². The highest BCUT2D eigenvalue weighted by Gasteiger charge is 2.48. The zero-order valence-corrected chi connectivity index (χ0v) is 17.4. The number of carbonyl (C=O) groups is 2. The Morgan fingerprint density at radius 2 is 1.87 bits per heavy atom. The zero-order chi connectivity index (χ0) is 22.6. The third-order valence-corrected chi connectivity index (χ3v) is 7.38. The van der Waals surface area contributed by atoms with Crippen LogP contribution < -0.4 is 10.2 Å². The predicted molar refractivity (Wildman–Crippen MR) is 105 cm³/mol. The summed E-state index contributed by atoms with van der Waals surface area (Å²) in [5, 5.41) is 12.3. The molecule has 1 atom stereocenters. The number of nitrogens with zero attached hydrogens (tertiary/aromatic N) is 2. The lowest BCUT2D eigenvalue weighted by atomic mass is 9.77. The molecule has 4 rings (SSSR count). The van der Waals surface area contributed by atoms with Gasteiger partial charge in [0, 0.05) is 12.5 Å². The quantitative estimate of drug-likeness (QED) is 0.697. The molecule has 1 fully saturated rings. The molecule has 1 saturated heterocycles. The van der Waals surface area contributed by atoms with Gasteiger partial charge < -0.3 is 10.1 Å². The minimum Gasteiger partial charge on any atom is -0.442 e. The van der Waals surface area contributed by atoms with Gasteiger partial charge in [0.05, 0.1) is 41.8 Å². The average molecular weight is 451 g/mol. The van der Waals surface area contributed by atoms with E-state index in [0.29, 0.717) is 11.1 Å². The first-order valence-electron chi connectivity index (χ1n) is 9.57. The van der Waals surface area contributed by atoms with E-state index in [4.69, 9.17) is 4.74 Å². The first-order valence-corrected chi connectivity index (χ1v) is 11.4. The molecule has 0 radical (unpaired) electrons. The molecule has 8 nitrogen and oxygen atoms in total. The normalized spacial score (nSPS) is 23.5. The highest BCUT2D eigenvalue weighted by molar-refractivity contribution is 7.92. The molecule has 0 bridgehead atoms. The summed E-state index contributed by atoms with van der Waals surface area (Å²) in [6.45, 7) is 1.37. The minimum absolute atomic E-state index is 0.00551. The Bertz CT molecular complexity index is 1120. The van der Waals surface area contributed by atoms with Gasteiger partial charge in [-0.1, -0.05) is 11.1 Å². The van der Waals surface area contributed by atoms with Crippen LogP contribution in [-0.4, -0.2) is 51.1 Å². The molecule has 11 heteroatoms. The van der Waals surface area contributed by atoms with Crippen LogP contribution in [0.3, 0.4) is 0 Å². The molecule has 3 aliphatic rings. The number of nitrogens with one attached hydrogen (secondary N) is 1. The van der Waals surface area contributed by atoms with E-state index in [1.54, 1.807) is 0 Å². The lowest BCUT2D eigenvalue weighted by Gasteiger charge is -2.25. The van der Waals surface area contributed by atoms with Crippen molar-refractivity contribution < 1.29 is 31.5 Å². The van der Waals surface area contributed by atoms with Gasteiger partial charge in [0.2, 0.25) is 5.91 Å². The number of amides is 2. The Morgan fingerprint density at radius 3 is 2.39 bits per heavy atom. The van der Waals surface area contributed by atoms with Crippen molar-refractivity contribution in [1.82, 2.24) is 5.32 Å². The summed E-state index contributed by atoms with van der Waals surface area (Å²) in [6, 6.07) is 3.95. The van der Waals surface area contributed by atoms with Crippen LogP contribution in [0.25, 0.3) is 0 Å². The maximum atomic E-state index is 15.1. The standard InChI is InChI=1S/C20H19F2N3O5S/c1-11(26)24-6-15-7-25(19(27)30-15)14-2-16(21)18(17(22)3-14)20(10-23)4-12-8-31(28,29)9-13(12)5-20/h2-3,15H,4-9H2,1H3,(H,24,26). The number of halogens is 2. The highest BCUT2D eigenvalue weighted by atomic mass is 32.2. The molecule has 1 aromatic rings. The fraction of sp³-hybridized carbons (Fsp3) is 0.450. The summed E-state index contributed by atoms with van der Waals surface area (Å²) in [5.74, 6) is -2.66. The topological polar surface area (TPSA) is 117 Å². The summed E-state index contributed by atoms with van der Waals surface area (Å²) in [5.41, 5.74) is -0.912. The monoisotopic (exact) mass is 451 g/mol. The number of nitriles is 1. The van der Waals surface area contributed by atoms with Crippen LogP contribution in [0.15, 0.2) is 23.3 Å². The number of sulfone groups is 1. The van der Waals surface area contributed by atoms with Crippen molar-refractivity contribution in [1.29, 1.82) is 5.26 Å². The predicted octanol–water partition coefficient (Wildman–Crippen LogP) is 1.71. The van der Waals surface area contributed by atoms with Gasteiger partial charge in [-0.3, -0.25) is 9.69 Å². The largest absolute Gasteiger partial charge is 0.442 e. The third-order valence-electron chi connectivity index (χ3n) is 5.80. The van der Waals surface area contributed by atoms with Gasteiger partial charge >= 0.3 is 6.09 Å². The van der Waals surface area contributed by atoms with Gasteiger partial charge in [0.25, 0.3) is 0 Å². The van der Waals surface area contributed by atoms with E-state index in [9.17, 15) is 23.3 Å². The number of hydrogen-bond donors (Lipinski definition) is 1. The Kier molecular flexibility index (Phi) is 5.00. The SMILES string of the molecule is CC(=O)NCC1CN(c2cc(F)c(C3(C#N)CC4=C(C3)CS(=O)(=O)C4)c(F)c2)C(=O)O1. The van der Waals surface area contributed by atoms with Crippen molar-refractivity contribution in [3.8, 4) is 6.07 Å². The fourth-order valence-electron chi connectivity index (χ4n) is 4.51. The van der Waals surface area contributed by atoms with Crippen LogP contribution >= 0.6 is 0 Å². The second kappa shape index (κ2) is 7.30. The van der Waals surface area contributed by atoms with Crippen molar-refractivity contribution in [3.05, 3.63) is 40.5 Å². The molecule has 1 unspecified atom stereocenters. The van der Waals surface area contributed by atoms with Crippen LogP contribution in [-0.2, 0) is 24.8 Å². The molecule has 0 aromatic heterocycles. The van der Waals surface area contributed by atoms with Gasteiger partial charge in [0.1, 0.15) is 17.7 Å². The van der Waals surface area contributed by atoms with Gasteiger partial charge in [0.15, 0.2) is 9.84 Å². The molecule has 1 aliphatic carbocycles. The van der Waals surface area contributed by atoms with Crippen molar-refractivity contribution in [2.45, 2.75) is 31.3 Å². The molecule has 2 heterocycles. The number of cyclic esters (lactones) is 1. The number of rotatable bonds is 4. The molecule has 2 amide bonds. The highest BCUT2D eigenvalue weighted by Crippen LogP contribution is 2.49. The lowest BCUT2D eigenvalue weighted by molar-refractivity contribution is -0.119. The van der Waals surface area contributed by atoms with Gasteiger partial charge in [-0.2, -0.15) is 5.26 Å². The Morgan fingerprint density at radius 1 is 1.29 bits per heavy atom. The van der Waals surface area contributed by atoms with Crippen LogP contribution in [0.4, 0.5) is 19.3 Å². The summed E-state index contributed by atoms with van der Waals surface area (Å²) in [4.78, 5) is 24.2. The van der Waals surface area contributed by atoms with Crippen LogP contribution in [0, 0.1) is 23.0 Å². The van der Waals surface area contributed by atoms with E-state index in [1.165, 1.54) is 6.92 Å². The zero-order valence-electron chi connectivity index (χ0n) is 16.6. The second-order valence-electron chi connectivity index (χ2n) is 8.12. The number of benzene rings is 1. The number of ether oxygens (including phenoxy) is 1. The summed E-state index contributed by atoms with van der Waals surface area (Å²) in [6.07, 6.45) is -1.56. The third kappa shape index (κ3) is 3.76. The van der Waals surface area contributed by atoms with Crippen molar-refractivity contribution >= 4 is 27.5 Å². The molecule has 2 aliphatic heterocycles. The Hall–Kier alpha value is -3.00. The Balaban J connectivity index is 1.59. The Labute approximate surface area is 177 Å². The maximum absolute atomic E-state index is 15.1. The molecule has 0 spiro atoms. The van der Waals surface area contributed by atoms with Gasteiger partial charge in [-0.15, -0.1) is 0 Å². The average Bonchev–Trinajstić information content (AvgIpc) is 3.27. The van der Waals surface area contributed by atoms with E-state index in [-0.39, 0.29) is 49.0 Å². The van der Waals surface area contributed by atoms with Crippen molar-refractivity contribution in [3.63, 3.8) is 0 Å². The molecule has 0 saturated carbocycles. The van der Waals surface area contributed by atoms with E-state index < -0.39 is 44.6 Å². The van der Waals surface area contributed by atoms with Crippen molar-refractivity contribution in [2.24, 2.45) is 0 Å². The molecular formula is C20H19F2N3O5S. The summed E-state index contributed by atoms with van der Waals surface area (Å²) < 4.78 is 58.9. The molecule has 1 aromatic carbocycles. The van der Waals surface area contributed by atoms with Crippen LogP contribution in [0.2, 0.25) is 0 Å². The van der Waals surface area contributed by atoms with Crippen LogP contribution in [0.1, 0.15) is 25.3 Å².